The van der Waals surface area contributed by atoms with Crippen LogP contribution < -0.4 is 4.90 Å². The first-order chi connectivity index (χ1) is 30.4. The van der Waals surface area contributed by atoms with Gasteiger partial charge < -0.3 is 9.32 Å². The predicted octanol–water partition coefficient (Wildman–Crippen LogP) is 17.3. The molecule has 1 aliphatic carbocycles. The molecule has 2 nitrogen and oxygen atoms in total. The fourth-order valence-corrected chi connectivity index (χ4v) is 9.73. The first kappa shape index (κ1) is 40.2. The summed E-state index contributed by atoms with van der Waals surface area (Å²) in [7, 11) is 0. The molecule has 0 fully saturated rings. The highest BCUT2D eigenvalue weighted by Gasteiger charge is 2.32. The number of hydrogen-bond acceptors (Lipinski definition) is 2. The molecule has 0 N–H and O–H groups in total. The number of furan rings is 1. The van der Waals surface area contributed by atoms with Crippen LogP contribution in [0.4, 0.5) is 11.4 Å². The number of rotatable bonds is 7. The van der Waals surface area contributed by atoms with E-state index in [0.717, 1.165) is 39.7 Å². The Bertz CT molecular complexity index is 3180. The number of nitrogens with zero attached hydrogens (tertiary/aromatic N) is 1. The summed E-state index contributed by atoms with van der Waals surface area (Å²) in [6.45, 7) is 16.3. The van der Waals surface area contributed by atoms with Crippen molar-refractivity contribution in [1.29, 1.82) is 0 Å². The Morgan fingerprint density at radius 2 is 1.03 bits per heavy atom. The minimum absolute atomic E-state index is 0.00943. The number of fused-ring (bicyclic) bond motifs is 4. The average Bonchev–Trinajstić information content (AvgIpc) is 3.68. The van der Waals surface area contributed by atoms with Crippen LogP contribution in [-0.4, -0.2) is 0 Å². The molecule has 1 unspecified atom stereocenters. The van der Waals surface area contributed by atoms with Gasteiger partial charge in [-0.2, -0.15) is 0 Å². The van der Waals surface area contributed by atoms with Crippen LogP contribution >= 0.6 is 0 Å². The maximum Gasteiger partial charge on any atom is 0.137 e. The van der Waals surface area contributed by atoms with Gasteiger partial charge in [0.2, 0.25) is 0 Å². The first-order valence-corrected chi connectivity index (χ1v) is 22.5. The summed E-state index contributed by atoms with van der Waals surface area (Å²) in [5, 5.41) is 4.70. The molecule has 0 aliphatic heterocycles. The minimum atomic E-state index is -0.00943. The molecule has 8 aromatic carbocycles. The Kier molecular flexibility index (Phi) is 10.1. The van der Waals surface area contributed by atoms with Gasteiger partial charge in [0.05, 0.1) is 16.8 Å². The lowest BCUT2D eigenvalue weighted by atomic mass is 9.78. The highest BCUT2D eigenvalue weighted by Crippen LogP contribution is 2.51. The van der Waals surface area contributed by atoms with Crippen molar-refractivity contribution in [2.75, 3.05) is 4.90 Å². The SMILES string of the molecule is CC1CC(c2ccccc2)=CC(c2ccccc2)=C1N(c1ccccc1-c1cccc2cccc(-c3cc(C(C)(C)C)cc(C(C)(C)C)c3)c12)c1cccc2oc3ccccc3c12. The van der Waals surface area contributed by atoms with Crippen molar-refractivity contribution < 1.29 is 4.42 Å². The molecule has 0 bridgehead atoms. The standard InChI is InChI=1S/C61H55NO/c1-40-35-44(41-21-10-8-11-22-41)38-52(42-23-12-9-13-24-42)59(40)62(54-32-20-34-56-58(54)51-28-15-17-33-55(51)63-56)53-31-16-14-27-49(53)50-30-19-26-43-25-18-29-48(57(43)50)45-36-46(60(2,3)4)39-47(37-45)61(5,6)7/h8-34,36-40H,35H2,1-7H3. The Morgan fingerprint density at radius 3 is 1.73 bits per heavy atom. The third-order valence-corrected chi connectivity index (χ3v) is 13.0. The van der Waals surface area contributed by atoms with Crippen molar-refractivity contribution in [3.05, 3.63) is 216 Å². The number of anilines is 2. The van der Waals surface area contributed by atoms with E-state index in [4.69, 9.17) is 4.42 Å². The van der Waals surface area contributed by atoms with Gasteiger partial charge in [-0.15, -0.1) is 0 Å². The molecule has 0 spiro atoms. The van der Waals surface area contributed by atoms with Crippen molar-refractivity contribution in [3.8, 4) is 22.3 Å². The minimum Gasteiger partial charge on any atom is -0.456 e. The molecule has 2 heteroatoms. The summed E-state index contributed by atoms with van der Waals surface area (Å²) in [4.78, 5) is 2.59. The van der Waals surface area contributed by atoms with Gasteiger partial charge in [0, 0.05) is 28.1 Å². The van der Waals surface area contributed by atoms with E-state index in [1.807, 2.05) is 0 Å². The van der Waals surface area contributed by atoms with Crippen LogP contribution in [0.1, 0.15) is 77.1 Å². The highest BCUT2D eigenvalue weighted by atomic mass is 16.3. The molecule has 0 saturated heterocycles. The van der Waals surface area contributed by atoms with E-state index in [1.165, 1.54) is 72.1 Å². The fraction of sp³-hybridized carbons (Fsp3) is 0.180. The van der Waals surface area contributed by atoms with Crippen molar-refractivity contribution in [3.63, 3.8) is 0 Å². The zero-order valence-corrected chi connectivity index (χ0v) is 37.5. The van der Waals surface area contributed by atoms with E-state index in [-0.39, 0.29) is 16.7 Å². The first-order valence-electron chi connectivity index (χ1n) is 22.5. The maximum absolute atomic E-state index is 6.63. The van der Waals surface area contributed by atoms with Crippen molar-refractivity contribution in [1.82, 2.24) is 0 Å². The summed E-state index contributed by atoms with van der Waals surface area (Å²) in [5.41, 5.74) is 17.8. The topological polar surface area (TPSA) is 16.4 Å². The van der Waals surface area contributed by atoms with Crippen LogP contribution in [0.2, 0.25) is 0 Å². The molecular formula is C61H55NO. The van der Waals surface area contributed by atoms with E-state index >= 15 is 0 Å². The molecule has 310 valence electrons. The summed E-state index contributed by atoms with van der Waals surface area (Å²) in [5.74, 6) is 0.154. The number of para-hydroxylation sites is 2. The van der Waals surface area contributed by atoms with Crippen molar-refractivity contribution in [2.24, 2.45) is 5.92 Å². The summed E-state index contributed by atoms with van der Waals surface area (Å²) >= 11 is 0. The fourth-order valence-electron chi connectivity index (χ4n) is 9.73. The Morgan fingerprint density at radius 1 is 0.476 bits per heavy atom. The van der Waals surface area contributed by atoms with Gasteiger partial charge in [0.15, 0.2) is 0 Å². The third kappa shape index (κ3) is 7.38. The summed E-state index contributed by atoms with van der Waals surface area (Å²) < 4.78 is 6.63. The van der Waals surface area contributed by atoms with Gasteiger partial charge in [-0.1, -0.05) is 206 Å². The molecule has 0 saturated carbocycles. The summed E-state index contributed by atoms with van der Waals surface area (Å²) in [6.07, 6.45) is 3.35. The lowest BCUT2D eigenvalue weighted by Gasteiger charge is -2.38. The Hall–Kier alpha value is -6.90. The Labute approximate surface area is 372 Å². The molecule has 1 aromatic heterocycles. The van der Waals surface area contributed by atoms with E-state index < -0.39 is 0 Å². The van der Waals surface area contributed by atoms with E-state index in [2.05, 4.69) is 241 Å². The van der Waals surface area contributed by atoms with Crippen LogP contribution in [-0.2, 0) is 10.8 Å². The van der Waals surface area contributed by atoms with Crippen molar-refractivity contribution in [2.45, 2.75) is 65.7 Å². The van der Waals surface area contributed by atoms with Crippen LogP contribution in [0.15, 0.2) is 198 Å². The van der Waals surface area contributed by atoms with Gasteiger partial charge in [0.1, 0.15) is 11.2 Å². The largest absolute Gasteiger partial charge is 0.456 e. The lowest BCUT2D eigenvalue weighted by Crippen LogP contribution is -2.26. The predicted molar refractivity (Wildman–Crippen MR) is 270 cm³/mol. The third-order valence-electron chi connectivity index (χ3n) is 13.0. The molecule has 1 heterocycles. The monoisotopic (exact) mass is 817 g/mol. The van der Waals surface area contributed by atoms with E-state index in [0.29, 0.717) is 0 Å². The quantitative estimate of drug-likeness (QED) is 0.159. The normalized spacial score (nSPS) is 14.7. The van der Waals surface area contributed by atoms with Gasteiger partial charge in [-0.3, -0.25) is 0 Å². The van der Waals surface area contributed by atoms with Crippen LogP contribution in [0.5, 0.6) is 0 Å². The second kappa shape index (κ2) is 15.8. The molecule has 9 aromatic rings. The number of benzene rings is 8. The maximum atomic E-state index is 6.63. The van der Waals surface area contributed by atoms with Crippen LogP contribution in [0, 0.1) is 5.92 Å². The number of hydrogen-bond donors (Lipinski definition) is 0. The highest BCUT2D eigenvalue weighted by molar-refractivity contribution is 6.15. The Balaban J connectivity index is 1.30. The molecule has 1 atom stereocenters. The molecule has 10 rings (SSSR count). The van der Waals surface area contributed by atoms with Gasteiger partial charge in [-0.05, 0) is 103 Å². The molecule has 1 aliphatic rings. The van der Waals surface area contributed by atoms with E-state index in [1.54, 1.807) is 0 Å². The van der Waals surface area contributed by atoms with Crippen molar-refractivity contribution >= 4 is 55.2 Å². The van der Waals surface area contributed by atoms with Gasteiger partial charge >= 0.3 is 0 Å². The van der Waals surface area contributed by atoms with Gasteiger partial charge in [-0.25, -0.2) is 0 Å². The zero-order chi connectivity index (χ0) is 43.5. The second-order valence-electron chi connectivity index (χ2n) is 19.4. The zero-order valence-electron chi connectivity index (χ0n) is 37.5. The number of allylic oxidation sites excluding steroid dienone is 4. The lowest BCUT2D eigenvalue weighted by molar-refractivity contribution is 0.569. The van der Waals surface area contributed by atoms with Gasteiger partial charge in [0.25, 0.3) is 0 Å². The van der Waals surface area contributed by atoms with Crippen LogP contribution in [0.25, 0.3) is 66.1 Å². The smallest absolute Gasteiger partial charge is 0.137 e. The molecule has 0 amide bonds. The summed E-state index contributed by atoms with van der Waals surface area (Å²) in [6, 6.07) is 66.9. The molecule has 0 radical (unpaired) electrons. The average molecular weight is 818 g/mol. The van der Waals surface area contributed by atoms with E-state index in [9.17, 15) is 0 Å². The van der Waals surface area contributed by atoms with Crippen LogP contribution in [0.3, 0.4) is 0 Å². The molecule has 63 heavy (non-hydrogen) atoms. The molecular weight excluding hydrogens is 763 g/mol. The second-order valence-corrected chi connectivity index (χ2v) is 19.4.